The quantitative estimate of drug-likeness (QED) is 0.627. The average molecular weight is 272 g/mol. The van der Waals surface area contributed by atoms with Crippen LogP contribution in [0, 0.1) is 5.82 Å². The molecule has 0 aromatic heterocycles. The molecule has 0 spiro atoms. The number of anilines is 1. The van der Waals surface area contributed by atoms with E-state index in [0.29, 0.717) is 10.6 Å². The Labute approximate surface area is 115 Å². The van der Waals surface area contributed by atoms with Gasteiger partial charge in [-0.15, -0.1) is 0 Å². The second-order valence-corrected chi connectivity index (χ2v) is 4.75. The van der Waals surface area contributed by atoms with E-state index >= 15 is 0 Å². The average Bonchev–Trinajstić information content (AvgIpc) is 2.43. The van der Waals surface area contributed by atoms with Gasteiger partial charge in [0.15, 0.2) is 0 Å². The third-order valence-corrected chi connectivity index (χ3v) is 3.54. The maximum Gasteiger partial charge on any atom is 0.146 e. The number of para-hydroxylation sites is 1. The number of rotatable bonds is 1. The zero-order valence-corrected chi connectivity index (χ0v) is 10.8. The Morgan fingerprint density at radius 2 is 1.53 bits per heavy atom. The van der Waals surface area contributed by atoms with Gasteiger partial charge in [0.2, 0.25) is 0 Å². The van der Waals surface area contributed by atoms with Crippen LogP contribution in [0.25, 0.3) is 21.9 Å². The molecule has 0 heterocycles. The highest BCUT2D eigenvalue weighted by molar-refractivity contribution is 6.36. The molecule has 0 radical (unpaired) electrons. The van der Waals surface area contributed by atoms with Crippen molar-refractivity contribution in [3.05, 3.63) is 65.4 Å². The number of halogens is 2. The van der Waals surface area contributed by atoms with Crippen molar-refractivity contribution in [1.29, 1.82) is 0 Å². The first-order valence-corrected chi connectivity index (χ1v) is 6.28. The van der Waals surface area contributed by atoms with E-state index in [-0.39, 0.29) is 5.69 Å². The van der Waals surface area contributed by atoms with E-state index in [1.54, 1.807) is 6.07 Å². The summed E-state index contributed by atoms with van der Waals surface area (Å²) >= 11 is 6.18. The normalized spacial score (nSPS) is 10.8. The first kappa shape index (κ1) is 12.0. The highest BCUT2D eigenvalue weighted by Gasteiger charge is 2.11. The molecule has 1 nitrogen and oxygen atoms in total. The number of benzene rings is 3. The number of fused-ring (bicyclic) bond motifs is 1. The van der Waals surface area contributed by atoms with E-state index in [0.717, 1.165) is 16.3 Å². The number of hydrogen-bond donors (Lipinski definition) is 1. The lowest BCUT2D eigenvalue weighted by atomic mass is 9.97. The van der Waals surface area contributed by atoms with Crippen molar-refractivity contribution in [3.63, 3.8) is 0 Å². The SMILES string of the molecule is Nc1c(F)cccc1-c1ccc(Cl)c2ccccc12. The molecular weight excluding hydrogens is 261 g/mol. The van der Waals surface area contributed by atoms with Gasteiger partial charge in [-0.1, -0.05) is 54.1 Å². The zero-order chi connectivity index (χ0) is 13.4. The molecule has 0 unspecified atom stereocenters. The maximum atomic E-state index is 13.6. The zero-order valence-electron chi connectivity index (χ0n) is 10.0. The molecule has 0 aliphatic heterocycles. The van der Waals surface area contributed by atoms with Gasteiger partial charge in [0.1, 0.15) is 5.82 Å². The Morgan fingerprint density at radius 1 is 0.789 bits per heavy atom. The second-order valence-electron chi connectivity index (χ2n) is 4.34. The Bertz CT molecular complexity index is 768. The first-order valence-electron chi connectivity index (χ1n) is 5.90. The number of nitrogen functional groups attached to an aromatic ring is 1. The molecule has 0 saturated heterocycles. The minimum absolute atomic E-state index is 0.162. The molecule has 3 aromatic carbocycles. The van der Waals surface area contributed by atoms with Crippen molar-refractivity contribution in [3.8, 4) is 11.1 Å². The molecule has 19 heavy (non-hydrogen) atoms. The molecule has 2 N–H and O–H groups in total. The van der Waals surface area contributed by atoms with Crippen LogP contribution >= 0.6 is 11.6 Å². The summed E-state index contributed by atoms with van der Waals surface area (Å²) in [5, 5.41) is 2.58. The minimum atomic E-state index is -0.406. The van der Waals surface area contributed by atoms with Crippen LogP contribution in [0.5, 0.6) is 0 Å². The van der Waals surface area contributed by atoms with Gasteiger partial charge in [0.25, 0.3) is 0 Å². The third kappa shape index (κ3) is 1.94. The molecule has 0 amide bonds. The van der Waals surface area contributed by atoms with E-state index in [1.165, 1.54) is 6.07 Å². The Morgan fingerprint density at radius 3 is 2.32 bits per heavy atom. The molecule has 0 aliphatic carbocycles. The van der Waals surface area contributed by atoms with Gasteiger partial charge in [0.05, 0.1) is 5.69 Å². The maximum absolute atomic E-state index is 13.6. The van der Waals surface area contributed by atoms with Gasteiger partial charge >= 0.3 is 0 Å². The van der Waals surface area contributed by atoms with E-state index in [2.05, 4.69) is 0 Å². The van der Waals surface area contributed by atoms with Crippen LogP contribution in [-0.4, -0.2) is 0 Å². The number of nitrogens with two attached hydrogens (primary N) is 1. The van der Waals surface area contributed by atoms with E-state index in [9.17, 15) is 4.39 Å². The Balaban J connectivity index is 2.38. The predicted molar refractivity (Wildman–Crippen MR) is 78.8 cm³/mol. The van der Waals surface area contributed by atoms with Crippen molar-refractivity contribution in [2.24, 2.45) is 0 Å². The van der Waals surface area contributed by atoms with Gasteiger partial charge < -0.3 is 5.73 Å². The van der Waals surface area contributed by atoms with E-state index in [1.807, 2.05) is 42.5 Å². The smallest absolute Gasteiger partial charge is 0.146 e. The van der Waals surface area contributed by atoms with Crippen molar-refractivity contribution in [2.45, 2.75) is 0 Å². The monoisotopic (exact) mass is 271 g/mol. The lowest BCUT2D eigenvalue weighted by molar-refractivity contribution is 0.633. The summed E-state index contributed by atoms with van der Waals surface area (Å²) in [4.78, 5) is 0. The summed E-state index contributed by atoms with van der Waals surface area (Å²) in [5.74, 6) is -0.406. The fourth-order valence-corrected chi connectivity index (χ4v) is 2.50. The first-order chi connectivity index (χ1) is 9.18. The Hall–Kier alpha value is -2.06. The fraction of sp³-hybridized carbons (Fsp3) is 0. The summed E-state index contributed by atoms with van der Waals surface area (Å²) in [6, 6.07) is 16.3. The van der Waals surface area contributed by atoms with Crippen LogP contribution < -0.4 is 5.73 Å². The molecule has 0 aliphatic rings. The van der Waals surface area contributed by atoms with E-state index < -0.39 is 5.82 Å². The minimum Gasteiger partial charge on any atom is -0.396 e. The van der Waals surface area contributed by atoms with Crippen LogP contribution in [0.1, 0.15) is 0 Å². The van der Waals surface area contributed by atoms with Crippen LogP contribution in [0.2, 0.25) is 5.02 Å². The summed E-state index contributed by atoms with van der Waals surface area (Å²) in [6.07, 6.45) is 0. The summed E-state index contributed by atoms with van der Waals surface area (Å²) < 4.78 is 13.6. The molecule has 0 bridgehead atoms. The van der Waals surface area contributed by atoms with Crippen LogP contribution in [0.4, 0.5) is 10.1 Å². The second kappa shape index (κ2) is 4.56. The summed E-state index contributed by atoms with van der Waals surface area (Å²) in [5.41, 5.74) is 7.57. The van der Waals surface area contributed by atoms with Gasteiger partial charge in [-0.25, -0.2) is 4.39 Å². The van der Waals surface area contributed by atoms with Crippen LogP contribution in [0.15, 0.2) is 54.6 Å². The summed E-state index contributed by atoms with van der Waals surface area (Å²) in [6.45, 7) is 0. The highest BCUT2D eigenvalue weighted by Crippen LogP contribution is 2.36. The fourth-order valence-electron chi connectivity index (χ4n) is 2.27. The van der Waals surface area contributed by atoms with Crippen molar-refractivity contribution < 1.29 is 4.39 Å². The van der Waals surface area contributed by atoms with Crippen LogP contribution in [-0.2, 0) is 0 Å². The molecule has 0 saturated carbocycles. The van der Waals surface area contributed by atoms with E-state index in [4.69, 9.17) is 17.3 Å². The topological polar surface area (TPSA) is 26.0 Å². The van der Waals surface area contributed by atoms with Crippen molar-refractivity contribution in [2.75, 3.05) is 5.73 Å². The molecule has 3 aromatic rings. The van der Waals surface area contributed by atoms with Gasteiger partial charge in [-0.3, -0.25) is 0 Å². The molecule has 3 heteroatoms. The van der Waals surface area contributed by atoms with Crippen LogP contribution in [0.3, 0.4) is 0 Å². The largest absolute Gasteiger partial charge is 0.396 e. The Kier molecular flexibility index (Phi) is 2.88. The van der Waals surface area contributed by atoms with Crippen molar-refractivity contribution >= 4 is 28.1 Å². The highest BCUT2D eigenvalue weighted by atomic mass is 35.5. The molecule has 3 rings (SSSR count). The summed E-state index contributed by atoms with van der Waals surface area (Å²) in [7, 11) is 0. The van der Waals surface area contributed by atoms with Crippen molar-refractivity contribution in [1.82, 2.24) is 0 Å². The molecular formula is C16H11ClFN. The van der Waals surface area contributed by atoms with Gasteiger partial charge in [-0.05, 0) is 23.1 Å². The molecule has 0 fully saturated rings. The lowest BCUT2D eigenvalue weighted by Gasteiger charge is -2.11. The third-order valence-electron chi connectivity index (χ3n) is 3.21. The number of hydrogen-bond acceptors (Lipinski definition) is 1. The lowest BCUT2D eigenvalue weighted by Crippen LogP contribution is -1.94. The van der Waals surface area contributed by atoms with Gasteiger partial charge in [0, 0.05) is 16.0 Å². The standard InChI is InChI=1S/C16H11ClFN/c17-14-9-8-11(10-4-1-2-5-12(10)14)13-6-3-7-15(18)16(13)19/h1-9H,19H2. The van der Waals surface area contributed by atoms with Gasteiger partial charge in [-0.2, -0.15) is 0 Å². The predicted octanol–water partition coefficient (Wildman–Crippen LogP) is 4.88. The molecule has 0 atom stereocenters. The molecule has 94 valence electrons.